The number of hydrogen-bond acceptors (Lipinski definition) is 1. The zero-order chi connectivity index (χ0) is 8.43. The van der Waals surface area contributed by atoms with Crippen LogP contribution in [0, 0.1) is 11.8 Å². The Morgan fingerprint density at radius 2 is 1.73 bits per heavy atom. The zero-order valence-corrected chi connectivity index (χ0v) is 7.76. The van der Waals surface area contributed by atoms with Crippen LogP contribution in [0.5, 0.6) is 0 Å². The van der Waals surface area contributed by atoms with E-state index >= 15 is 0 Å². The van der Waals surface area contributed by atoms with Crippen LogP contribution in [-0.2, 0) is 4.74 Å². The third kappa shape index (κ3) is 1.84. The van der Waals surface area contributed by atoms with Gasteiger partial charge < -0.3 is 4.74 Å². The number of hydrogen-bond donors (Lipinski definition) is 0. The summed E-state index contributed by atoms with van der Waals surface area (Å²) in [4.78, 5) is 0. The van der Waals surface area contributed by atoms with Crippen molar-refractivity contribution in [1.29, 1.82) is 0 Å². The second-order valence-corrected chi connectivity index (χ2v) is 3.81. The maximum atomic E-state index is 5.42. The van der Waals surface area contributed by atoms with Crippen molar-refractivity contribution in [3.8, 4) is 0 Å². The first kappa shape index (κ1) is 8.79. The summed E-state index contributed by atoms with van der Waals surface area (Å²) >= 11 is 0. The van der Waals surface area contributed by atoms with Gasteiger partial charge in [0.05, 0.1) is 6.10 Å². The van der Waals surface area contributed by atoms with Crippen molar-refractivity contribution in [2.75, 3.05) is 7.11 Å². The molecule has 0 N–H and O–H groups in total. The summed E-state index contributed by atoms with van der Waals surface area (Å²) in [6.45, 7) is 8.52. The molecule has 1 rings (SSSR count). The highest BCUT2D eigenvalue weighted by Crippen LogP contribution is 2.33. The van der Waals surface area contributed by atoms with Crippen LogP contribution in [0.1, 0.15) is 26.7 Å². The highest BCUT2D eigenvalue weighted by Gasteiger charge is 2.28. The fraction of sp³-hybridized carbons (Fsp3) is 0.800. The lowest BCUT2D eigenvalue weighted by Gasteiger charge is -2.34. The van der Waals surface area contributed by atoms with Crippen LogP contribution >= 0.6 is 0 Å². The van der Waals surface area contributed by atoms with E-state index in [9.17, 15) is 0 Å². The molecular formula is C10H18O. The van der Waals surface area contributed by atoms with Gasteiger partial charge in [-0.15, -0.1) is 0 Å². The molecular weight excluding hydrogens is 136 g/mol. The van der Waals surface area contributed by atoms with Crippen molar-refractivity contribution in [1.82, 2.24) is 0 Å². The smallest absolute Gasteiger partial charge is 0.0628 e. The molecule has 0 amide bonds. The molecule has 0 saturated heterocycles. The van der Waals surface area contributed by atoms with Crippen molar-refractivity contribution in [3.63, 3.8) is 0 Å². The van der Waals surface area contributed by atoms with Gasteiger partial charge in [0.2, 0.25) is 0 Å². The van der Waals surface area contributed by atoms with E-state index in [2.05, 4.69) is 20.4 Å². The Balaban J connectivity index is 2.58. The van der Waals surface area contributed by atoms with Gasteiger partial charge in [-0.05, 0) is 24.7 Å². The van der Waals surface area contributed by atoms with Gasteiger partial charge in [0.25, 0.3) is 0 Å². The Labute approximate surface area is 69.4 Å². The average molecular weight is 154 g/mol. The van der Waals surface area contributed by atoms with Crippen LogP contribution in [-0.4, -0.2) is 13.2 Å². The average Bonchev–Trinajstić information content (AvgIpc) is 1.85. The maximum Gasteiger partial charge on any atom is 0.0628 e. The Morgan fingerprint density at radius 3 is 2.09 bits per heavy atom. The van der Waals surface area contributed by atoms with E-state index in [1.165, 1.54) is 5.57 Å². The second kappa shape index (κ2) is 3.40. The van der Waals surface area contributed by atoms with Crippen molar-refractivity contribution < 1.29 is 4.74 Å². The van der Waals surface area contributed by atoms with E-state index in [0.29, 0.717) is 17.9 Å². The fourth-order valence-corrected chi connectivity index (χ4v) is 2.25. The van der Waals surface area contributed by atoms with E-state index in [4.69, 9.17) is 4.74 Å². The monoisotopic (exact) mass is 154 g/mol. The Kier molecular flexibility index (Phi) is 2.72. The van der Waals surface area contributed by atoms with Crippen molar-refractivity contribution >= 4 is 0 Å². The standard InChI is InChI=1S/C10H18O/c1-7-5-8(2)10(11-4)9(3)6-7/h8-10H,1,5-6H2,2-4H3. The van der Waals surface area contributed by atoms with Crippen LogP contribution in [0.3, 0.4) is 0 Å². The summed E-state index contributed by atoms with van der Waals surface area (Å²) < 4.78 is 5.42. The van der Waals surface area contributed by atoms with Gasteiger partial charge >= 0.3 is 0 Å². The second-order valence-electron chi connectivity index (χ2n) is 3.81. The first-order valence-electron chi connectivity index (χ1n) is 4.34. The van der Waals surface area contributed by atoms with Crippen LogP contribution in [0.25, 0.3) is 0 Å². The lowest BCUT2D eigenvalue weighted by atomic mass is 9.78. The van der Waals surface area contributed by atoms with Crippen LogP contribution in [0.2, 0.25) is 0 Å². The highest BCUT2D eigenvalue weighted by molar-refractivity contribution is 5.03. The van der Waals surface area contributed by atoms with Gasteiger partial charge in [0, 0.05) is 7.11 Å². The molecule has 0 aliphatic heterocycles. The number of methoxy groups -OCH3 is 1. The third-order valence-electron chi connectivity index (χ3n) is 2.62. The molecule has 1 nitrogen and oxygen atoms in total. The van der Waals surface area contributed by atoms with Crippen molar-refractivity contribution in [2.45, 2.75) is 32.8 Å². The Morgan fingerprint density at radius 1 is 1.27 bits per heavy atom. The normalized spacial score (nSPS) is 39.2. The summed E-state index contributed by atoms with van der Waals surface area (Å²) in [6.07, 6.45) is 2.73. The highest BCUT2D eigenvalue weighted by atomic mass is 16.5. The van der Waals surface area contributed by atoms with E-state index in [1.807, 2.05) is 7.11 Å². The SMILES string of the molecule is C=C1CC(C)C(OC)C(C)C1. The molecule has 1 aliphatic carbocycles. The molecule has 1 aliphatic rings. The topological polar surface area (TPSA) is 9.23 Å². The lowest BCUT2D eigenvalue weighted by molar-refractivity contribution is 0.00559. The Bertz CT molecular complexity index is 137. The zero-order valence-electron chi connectivity index (χ0n) is 7.76. The van der Waals surface area contributed by atoms with Crippen LogP contribution in [0.15, 0.2) is 12.2 Å². The molecule has 1 fully saturated rings. The molecule has 0 radical (unpaired) electrons. The van der Waals surface area contributed by atoms with Gasteiger partial charge in [-0.1, -0.05) is 26.0 Å². The van der Waals surface area contributed by atoms with Gasteiger partial charge in [-0.25, -0.2) is 0 Å². The molecule has 0 aromatic rings. The first-order valence-corrected chi connectivity index (χ1v) is 4.34. The van der Waals surface area contributed by atoms with Gasteiger partial charge in [-0.2, -0.15) is 0 Å². The lowest BCUT2D eigenvalue weighted by Crippen LogP contribution is -2.32. The summed E-state index contributed by atoms with van der Waals surface area (Å²) in [5, 5.41) is 0. The van der Waals surface area contributed by atoms with E-state index in [-0.39, 0.29) is 0 Å². The summed E-state index contributed by atoms with van der Waals surface area (Å²) in [5.74, 6) is 1.30. The molecule has 1 heteroatoms. The molecule has 11 heavy (non-hydrogen) atoms. The Hall–Kier alpha value is -0.300. The molecule has 0 heterocycles. The number of rotatable bonds is 1. The summed E-state index contributed by atoms with van der Waals surface area (Å²) in [7, 11) is 1.81. The van der Waals surface area contributed by atoms with E-state index in [1.54, 1.807) is 0 Å². The molecule has 0 bridgehead atoms. The largest absolute Gasteiger partial charge is 0.381 e. The van der Waals surface area contributed by atoms with Gasteiger partial charge in [0.15, 0.2) is 0 Å². The molecule has 2 unspecified atom stereocenters. The molecule has 0 aromatic heterocycles. The molecule has 1 saturated carbocycles. The van der Waals surface area contributed by atoms with Crippen molar-refractivity contribution in [3.05, 3.63) is 12.2 Å². The minimum atomic E-state index is 0.445. The van der Waals surface area contributed by atoms with E-state index < -0.39 is 0 Å². The van der Waals surface area contributed by atoms with Gasteiger partial charge in [-0.3, -0.25) is 0 Å². The van der Waals surface area contributed by atoms with Crippen LogP contribution < -0.4 is 0 Å². The van der Waals surface area contributed by atoms with Gasteiger partial charge in [0.1, 0.15) is 0 Å². The maximum absolute atomic E-state index is 5.42. The fourth-order valence-electron chi connectivity index (χ4n) is 2.25. The van der Waals surface area contributed by atoms with Crippen molar-refractivity contribution in [2.24, 2.45) is 11.8 Å². The number of ether oxygens (including phenoxy) is 1. The number of allylic oxidation sites excluding steroid dienone is 1. The third-order valence-corrected chi connectivity index (χ3v) is 2.62. The molecule has 0 aromatic carbocycles. The minimum absolute atomic E-state index is 0.445. The molecule has 0 spiro atoms. The van der Waals surface area contributed by atoms with Crippen LogP contribution in [0.4, 0.5) is 0 Å². The predicted molar refractivity (Wildman–Crippen MR) is 47.5 cm³/mol. The summed E-state index contributed by atoms with van der Waals surface area (Å²) in [6, 6.07) is 0. The molecule has 64 valence electrons. The minimum Gasteiger partial charge on any atom is -0.381 e. The first-order chi connectivity index (χ1) is 5.15. The summed E-state index contributed by atoms with van der Waals surface area (Å²) in [5.41, 5.74) is 1.39. The van der Waals surface area contributed by atoms with E-state index in [0.717, 1.165) is 12.8 Å². The quantitative estimate of drug-likeness (QED) is 0.527. The molecule has 2 atom stereocenters. The predicted octanol–water partition coefficient (Wildman–Crippen LogP) is 2.62.